The average molecular weight is 233 g/mol. The van der Waals surface area contributed by atoms with Gasteiger partial charge in [0, 0.05) is 11.6 Å². The van der Waals surface area contributed by atoms with Gasteiger partial charge in [0.15, 0.2) is 0 Å². The number of nitrogens with one attached hydrogen (secondary N) is 1. The highest BCUT2D eigenvalue weighted by Crippen LogP contribution is 2.38. The van der Waals surface area contributed by atoms with E-state index in [0.717, 1.165) is 6.42 Å². The Morgan fingerprint density at radius 2 is 2.06 bits per heavy atom. The van der Waals surface area contributed by atoms with Gasteiger partial charge in [-0.15, -0.1) is 0 Å². The lowest BCUT2D eigenvalue weighted by Gasteiger charge is -2.10. The van der Waals surface area contributed by atoms with Crippen molar-refractivity contribution in [1.29, 1.82) is 0 Å². The summed E-state index contributed by atoms with van der Waals surface area (Å²) in [5, 5.41) is 11.8. The molecule has 1 aliphatic carbocycles. The van der Waals surface area contributed by atoms with Gasteiger partial charge >= 0.3 is 5.97 Å². The Labute approximate surface area is 99.6 Å². The second-order valence-corrected chi connectivity index (χ2v) is 4.59. The van der Waals surface area contributed by atoms with E-state index in [0.29, 0.717) is 17.2 Å². The number of hydrogen-bond acceptors (Lipinski definition) is 2. The van der Waals surface area contributed by atoms with Crippen molar-refractivity contribution in [2.75, 3.05) is 5.32 Å². The molecular formula is C13H15NO3. The van der Waals surface area contributed by atoms with Crippen molar-refractivity contribution in [3.63, 3.8) is 0 Å². The molecule has 0 radical (unpaired) electrons. The van der Waals surface area contributed by atoms with Gasteiger partial charge in [0.1, 0.15) is 0 Å². The fourth-order valence-electron chi connectivity index (χ4n) is 1.92. The standard InChI is InChI=1S/C13H15NO3/c1-7-6-10(7)12(15)14-11-5-3-4-9(8(11)2)13(16)17/h3-5,7,10H,6H2,1-2H3,(H,14,15)(H,16,17). The van der Waals surface area contributed by atoms with Crippen LogP contribution in [0, 0.1) is 18.8 Å². The lowest BCUT2D eigenvalue weighted by molar-refractivity contribution is -0.117. The lowest BCUT2D eigenvalue weighted by Crippen LogP contribution is -2.16. The van der Waals surface area contributed by atoms with Gasteiger partial charge in [0.05, 0.1) is 5.56 Å². The maximum absolute atomic E-state index is 11.8. The van der Waals surface area contributed by atoms with Crippen LogP contribution in [0.5, 0.6) is 0 Å². The Kier molecular flexibility index (Phi) is 2.88. The number of aromatic carboxylic acids is 1. The smallest absolute Gasteiger partial charge is 0.336 e. The number of rotatable bonds is 3. The zero-order chi connectivity index (χ0) is 12.6. The molecule has 1 fully saturated rings. The molecule has 1 aromatic rings. The number of carboxylic acid groups (broad SMARTS) is 1. The summed E-state index contributed by atoms with van der Waals surface area (Å²) in [5.41, 5.74) is 1.42. The summed E-state index contributed by atoms with van der Waals surface area (Å²) >= 11 is 0. The molecular weight excluding hydrogens is 218 g/mol. The summed E-state index contributed by atoms with van der Waals surface area (Å²) < 4.78 is 0. The van der Waals surface area contributed by atoms with Crippen molar-refractivity contribution >= 4 is 17.6 Å². The first kappa shape index (κ1) is 11.6. The summed E-state index contributed by atoms with van der Waals surface area (Å²) in [5.74, 6) is -0.456. The number of hydrogen-bond donors (Lipinski definition) is 2. The van der Waals surface area contributed by atoms with Crippen molar-refractivity contribution in [3.8, 4) is 0 Å². The van der Waals surface area contributed by atoms with E-state index < -0.39 is 5.97 Å². The third-order valence-corrected chi connectivity index (χ3v) is 3.27. The zero-order valence-corrected chi connectivity index (χ0v) is 9.86. The maximum atomic E-state index is 11.8. The second kappa shape index (κ2) is 4.20. The van der Waals surface area contributed by atoms with E-state index in [2.05, 4.69) is 5.32 Å². The summed E-state index contributed by atoms with van der Waals surface area (Å²) in [6, 6.07) is 4.90. The number of benzene rings is 1. The minimum absolute atomic E-state index is 0.0110. The molecule has 90 valence electrons. The maximum Gasteiger partial charge on any atom is 0.336 e. The fraction of sp³-hybridized carbons (Fsp3) is 0.385. The minimum Gasteiger partial charge on any atom is -0.478 e. The van der Waals surface area contributed by atoms with Gasteiger partial charge in [-0.3, -0.25) is 4.79 Å². The molecule has 17 heavy (non-hydrogen) atoms. The predicted molar refractivity (Wildman–Crippen MR) is 64.0 cm³/mol. The predicted octanol–water partition coefficient (Wildman–Crippen LogP) is 2.29. The number of anilines is 1. The lowest BCUT2D eigenvalue weighted by atomic mass is 10.1. The van der Waals surface area contributed by atoms with Crippen LogP contribution < -0.4 is 5.32 Å². The Morgan fingerprint density at radius 3 is 2.59 bits per heavy atom. The Bertz CT molecular complexity index is 482. The zero-order valence-electron chi connectivity index (χ0n) is 9.86. The topological polar surface area (TPSA) is 66.4 Å². The highest BCUT2D eigenvalue weighted by atomic mass is 16.4. The molecule has 0 aliphatic heterocycles. The molecule has 0 bridgehead atoms. The number of carboxylic acids is 1. The first-order chi connectivity index (χ1) is 8.00. The first-order valence-corrected chi connectivity index (χ1v) is 5.64. The molecule has 4 nitrogen and oxygen atoms in total. The van der Waals surface area contributed by atoms with Gasteiger partial charge in [-0.25, -0.2) is 4.79 Å². The third kappa shape index (κ3) is 2.30. The van der Waals surface area contributed by atoms with Crippen molar-refractivity contribution in [2.24, 2.45) is 11.8 Å². The highest BCUT2D eigenvalue weighted by Gasteiger charge is 2.39. The molecule has 4 heteroatoms. The fourth-order valence-corrected chi connectivity index (χ4v) is 1.92. The normalized spacial score (nSPS) is 22.0. The Balaban J connectivity index is 2.18. The SMILES string of the molecule is Cc1c(NC(=O)C2CC2C)cccc1C(=O)O. The van der Waals surface area contributed by atoms with Crippen LogP contribution in [-0.2, 0) is 4.79 Å². The first-order valence-electron chi connectivity index (χ1n) is 5.64. The molecule has 2 N–H and O–H groups in total. The Morgan fingerprint density at radius 1 is 1.41 bits per heavy atom. The molecule has 0 aromatic heterocycles. The highest BCUT2D eigenvalue weighted by molar-refractivity contribution is 5.97. The van der Waals surface area contributed by atoms with Gasteiger partial charge in [0.2, 0.25) is 5.91 Å². The van der Waals surface area contributed by atoms with Crippen molar-refractivity contribution < 1.29 is 14.7 Å². The van der Waals surface area contributed by atoms with Gasteiger partial charge in [-0.2, -0.15) is 0 Å². The van der Waals surface area contributed by atoms with Crippen LogP contribution in [0.2, 0.25) is 0 Å². The molecule has 2 rings (SSSR count). The molecule has 0 spiro atoms. The number of amides is 1. The van der Waals surface area contributed by atoms with Crippen LogP contribution >= 0.6 is 0 Å². The van der Waals surface area contributed by atoms with Crippen LogP contribution in [0.3, 0.4) is 0 Å². The van der Waals surface area contributed by atoms with Crippen LogP contribution in [0.1, 0.15) is 29.3 Å². The van der Waals surface area contributed by atoms with Crippen LogP contribution in [0.25, 0.3) is 0 Å². The van der Waals surface area contributed by atoms with E-state index in [4.69, 9.17) is 5.11 Å². The van der Waals surface area contributed by atoms with Gasteiger partial charge in [0.25, 0.3) is 0 Å². The van der Waals surface area contributed by atoms with Crippen molar-refractivity contribution in [2.45, 2.75) is 20.3 Å². The largest absolute Gasteiger partial charge is 0.478 e. The molecule has 0 heterocycles. The summed E-state index contributed by atoms with van der Waals surface area (Å²) in [4.78, 5) is 22.7. The molecule has 1 amide bonds. The molecule has 1 aromatic carbocycles. The molecule has 2 unspecified atom stereocenters. The summed E-state index contributed by atoms with van der Waals surface area (Å²) in [7, 11) is 0. The van der Waals surface area contributed by atoms with Gasteiger partial charge in [-0.1, -0.05) is 13.0 Å². The monoisotopic (exact) mass is 233 g/mol. The number of carbonyl (C=O) groups excluding carboxylic acids is 1. The molecule has 0 saturated heterocycles. The molecule has 2 atom stereocenters. The number of carbonyl (C=O) groups is 2. The van der Waals surface area contributed by atoms with Gasteiger partial charge < -0.3 is 10.4 Å². The summed E-state index contributed by atoms with van der Waals surface area (Å²) in [6.45, 7) is 3.74. The van der Waals surface area contributed by atoms with E-state index in [1.165, 1.54) is 6.07 Å². The van der Waals surface area contributed by atoms with Gasteiger partial charge in [-0.05, 0) is 37.0 Å². The average Bonchev–Trinajstić information content (AvgIpc) is 2.98. The van der Waals surface area contributed by atoms with Crippen LogP contribution in [0.15, 0.2) is 18.2 Å². The second-order valence-electron chi connectivity index (χ2n) is 4.59. The van der Waals surface area contributed by atoms with Crippen molar-refractivity contribution in [1.82, 2.24) is 0 Å². The van der Waals surface area contributed by atoms with Crippen LogP contribution in [0.4, 0.5) is 5.69 Å². The van der Waals surface area contributed by atoms with E-state index in [9.17, 15) is 9.59 Å². The molecule has 1 saturated carbocycles. The molecule has 1 aliphatic rings. The quantitative estimate of drug-likeness (QED) is 0.841. The van der Waals surface area contributed by atoms with Crippen molar-refractivity contribution in [3.05, 3.63) is 29.3 Å². The Hall–Kier alpha value is -1.84. The minimum atomic E-state index is -0.974. The van der Waals surface area contributed by atoms with E-state index >= 15 is 0 Å². The van der Waals surface area contributed by atoms with Crippen LogP contribution in [-0.4, -0.2) is 17.0 Å². The van der Waals surface area contributed by atoms with E-state index in [1.807, 2.05) is 6.92 Å². The van der Waals surface area contributed by atoms with E-state index in [1.54, 1.807) is 19.1 Å². The summed E-state index contributed by atoms with van der Waals surface area (Å²) in [6.07, 6.45) is 0.920. The van der Waals surface area contributed by atoms with E-state index in [-0.39, 0.29) is 17.4 Å². The third-order valence-electron chi connectivity index (χ3n) is 3.27.